The Morgan fingerprint density at radius 3 is 1.92 bits per heavy atom. The van der Waals surface area contributed by atoms with Crippen molar-refractivity contribution in [3.05, 3.63) is 0 Å². The molecule has 0 aliphatic carbocycles. The number of carbonyl (C=O) groups is 1. The molecule has 0 heterocycles. The highest BCUT2D eigenvalue weighted by atomic mass is 32.2. The highest BCUT2D eigenvalue weighted by Crippen LogP contribution is 2.15. The fraction of sp³-hybridized carbons (Fsp3) is 0.957. The molecule has 0 spiro atoms. The minimum absolute atomic E-state index is 0.00415. The Morgan fingerprint density at radius 1 is 0.769 bits per heavy atom. The summed E-state index contributed by atoms with van der Waals surface area (Å²) in [7, 11) is 0. The number of carbonyl (C=O) groups excluding carboxylic acids is 1. The van der Waals surface area contributed by atoms with E-state index in [1.165, 1.54) is 89.2 Å². The summed E-state index contributed by atoms with van der Waals surface area (Å²) < 4.78 is 5.45. The zero-order chi connectivity index (χ0) is 19.3. The van der Waals surface area contributed by atoms with Gasteiger partial charge in [-0.25, -0.2) is 0 Å². The van der Waals surface area contributed by atoms with Crippen molar-refractivity contribution >= 4 is 17.7 Å². The molecule has 0 fully saturated rings. The van der Waals surface area contributed by atoms with Crippen molar-refractivity contribution < 1.29 is 9.53 Å². The van der Waals surface area contributed by atoms with Gasteiger partial charge in [0, 0.05) is 5.75 Å². The number of esters is 1. The van der Waals surface area contributed by atoms with Crippen molar-refractivity contribution in [2.24, 2.45) is 5.92 Å². The Balaban J connectivity index is 3.30. The van der Waals surface area contributed by atoms with Crippen LogP contribution < -0.4 is 0 Å². The van der Waals surface area contributed by atoms with Crippen LogP contribution >= 0.6 is 11.8 Å². The third-order valence-corrected chi connectivity index (χ3v) is 6.19. The Hall–Kier alpha value is -0.180. The van der Waals surface area contributed by atoms with Crippen LogP contribution in [-0.4, -0.2) is 24.1 Å². The van der Waals surface area contributed by atoms with Gasteiger partial charge in [0.05, 0.1) is 13.0 Å². The van der Waals surface area contributed by atoms with Crippen LogP contribution in [0, 0.1) is 5.92 Å². The van der Waals surface area contributed by atoms with E-state index in [1.54, 1.807) is 0 Å². The zero-order valence-electron chi connectivity index (χ0n) is 18.0. The molecular weight excluding hydrogens is 340 g/mol. The standard InChI is InChI=1S/C23H46O2S/c1-4-7-9-10-11-12-13-14-15-16-19-26-20-18-23(24)25-21-22(6-3)17-8-5-2/h22H,4-21H2,1-3H3. The van der Waals surface area contributed by atoms with Gasteiger partial charge in [0.15, 0.2) is 0 Å². The van der Waals surface area contributed by atoms with Gasteiger partial charge < -0.3 is 4.74 Å². The minimum Gasteiger partial charge on any atom is -0.465 e. The van der Waals surface area contributed by atoms with Crippen molar-refractivity contribution in [3.63, 3.8) is 0 Å². The molecule has 0 saturated heterocycles. The lowest BCUT2D eigenvalue weighted by atomic mass is 10.0. The molecule has 1 unspecified atom stereocenters. The molecule has 0 aliphatic heterocycles. The molecule has 156 valence electrons. The molecule has 0 aliphatic rings. The second kappa shape index (κ2) is 21.1. The minimum atomic E-state index is -0.00415. The highest BCUT2D eigenvalue weighted by Gasteiger charge is 2.09. The largest absolute Gasteiger partial charge is 0.465 e. The van der Waals surface area contributed by atoms with Crippen LogP contribution in [0.15, 0.2) is 0 Å². The maximum absolute atomic E-state index is 11.8. The van der Waals surface area contributed by atoms with E-state index in [-0.39, 0.29) is 5.97 Å². The molecule has 2 nitrogen and oxygen atoms in total. The third-order valence-electron chi connectivity index (χ3n) is 5.12. The summed E-state index contributed by atoms with van der Waals surface area (Å²) in [6.07, 6.45) is 19.2. The molecule has 0 radical (unpaired) electrons. The van der Waals surface area contributed by atoms with Gasteiger partial charge in [-0.2, -0.15) is 11.8 Å². The average molecular weight is 387 g/mol. The first-order chi connectivity index (χ1) is 12.7. The summed E-state index contributed by atoms with van der Waals surface area (Å²) in [6, 6.07) is 0. The number of hydrogen-bond acceptors (Lipinski definition) is 3. The number of unbranched alkanes of at least 4 members (excludes halogenated alkanes) is 10. The van der Waals surface area contributed by atoms with Gasteiger partial charge in [-0.05, 0) is 24.5 Å². The first-order valence-corrected chi connectivity index (χ1v) is 12.6. The number of thioether (sulfide) groups is 1. The van der Waals surface area contributed by atoms with Gasteiger partial charge in [0.25, 0.3) is 0 Å². The molecule has 0 N–H and O–H groups in total. The molecule has 0 aromatic carbocycles. The average Bonchev–Trinajstić information content (AvgIpc) is 2.65. The Labute approximate surface area is 168 Å². The summed E-state index contributed by atoms with van der Waals surface area (Å²) in [5.74, 6) is 2.66. The van der Waals surface area contributed by atoms with E-state index in [2.05, 4.69) is 20.8 Å². The number of hydrogen-bond donors (Lipinski definition) is 0. The van der Waals surface area contributed by atoms with E-state index in [9.17, 15) is 4.79 Å². The molecule has 1 atom stereocenters. The smallest absolute Gasteiger partial charge is 0.306 e. The lowest BCUT2D eigenvalue weighted by Gasteiger charge is -2.14. The van der Waals surface area contributed by atoms with E-state index in [1.807, 2.05) is 11.8 Å². The molecule has 3 heteroatoms. The SMILES string of the molecule is CCCCCCCCCCCCSCCC(=O)OCC(CC)CCCC. The van der Waals surface area contributed by atoms with Crippen molar-refractivity contribution in [3.8, 4) is 0 Å². The Bertz CT molecular complexity index is 294. The Kier molecular flexibility index (Phi) is 21.0. The summed E-state index contributed by atoms with van der Waals surface area (Å²) in [4.78, 5) is 11.8. The lowest BCUT2D eigenvalue weighted by Crippen LogP contribution is -2.14. The second-order valence-corrected chi connectivity index (χ2v) is 8.87. The summed E-state index contributed by atoms with van der Waals surface area (Å²) in [5.41, 5.74) is 0. The molecule has 0 bridgehead atoms. The monoisotopic (exact) mass is 386 g/mol. The van der Waals surface area contributed by atoms with Gasteiger partial charge >= 0.3 is 5.97 Å². The van der Waals surface area contributed by atoms with Gasteiger partial charge in [0.1, 0.15) is 0 Å². The quantitative estimate of drug-likeness (QED) is 0.158. The maximum Gasteiger partial charge on any atom is 0.306 e. The van der Waals surface area contributed by atoms with Crippen molar-refractivity contribution in [2.45, 2.75) is 117 Å². The van der Waals surface area contributed by atoms with Crippen LogP contribution in [-0.2, 0) is 9.53 Å². The van der Waals surface area contributed by atoms with Crippen LogP contribution in [0.3, 0.4) is 0 Å². The molecule has 0 aromatic heterocycles. The first-order valence-electron chi connectivity index (χ1n) is 11.5. The van der Waals surface area contributed by atoms with E-state index in [4.69, 9.17) is 4.74 Å². The highest BCUT2D eigenvalue weighted by molar-refractivity contribution is 7.99. The van der Waals surface area contributed by atoms with Gasteiger partial charge in [0.2, 0.25) is 0 Å². The topological polar surface area (TPSA) is 26.3 Å². The molecular formula is C23H46O2S. The summed E-state index contributed by atoms with van der Waals surface area (Å²) in [6.45, 7) is 7.30. The molecule has 26 heavy (non-hydrogen) atoms. The van der Waals surface area contributed by atoms with Crippen LogP contribution in [0.25, 0.3) is 0 Å². The predicted molar refractivity (Wildman–Crippen MR) is 118 cm³/mol. The first kappa shape index (κ1) is 25.8. The van der Waals surface area contributed by atoms with Crippen molar-refractivity contribution in [2.75, 3.05) is 18.1 Å². The number of ether oxygens (including phenoxy) is 1. The Morgan fingerprint density at radius 2 is 1.35 bits per heavy atom. The fourth-order valence-electron chi connectivity index (χ4n) is 3.13. The van der Waals surface area contributed by atoms with Gasteiger partial charge in [-0.1, -0.05) is 97.8 Å². The lowest BCUT2D eigenvalue weighted by molar-refractivity contribution is -0.144. The van der Waals surface area contributed by atoms with Gasteiger partial charge in [-0.15, -0.1) is 0 Å². The molecule has 0 saturated carbocycles. The molecule has 0 aromatic rings. The fourth-order valence-corrected chi connectivity index (χ4v) is 4.05. The number of rotatable bonds is 20. The second-order valence-electron chi connectivity index (χ2n) is 7.64. The van der Waals surface area contributed by atoms with Gasteiger partial charge in [-0.3, -0.25) is 4.79 Å². The predicted octanol–water partition coefficient (Wildman–Crippen LogP) is 7.79. The molecule has 0 amide bonds. The van der Waals surface area contributed by atoms with Crippen LogP contribution in [0.4, 0.5) is 0 Å². The van der Waals surface area contributed by atoms with Crippen LogP contribution in [0.1, 0.15) is 117 Å². The third kappa shape index (κ3) is 18.6. The normalized spacial score (nSPS) is 12.3. The summed E-state index contributed by atoms with van der Waals surface area (Å²) in [5, 5.41) is 0. The van der Waals surface area contributed by atoms with Crippen molar-refractivity contribution in [1.82, 2.24) is 0 Å². The summed E-state index contributed by atoms with van der Waals surface area (Å²) >= 11 is 1.91. The van der Waals surface area contributed by atoms with E-state index >= 15 is 0 Å². The zero-order valence-corrected chi connectivity index (χ0v) is 18.8. The van der Waals surface area contributed by atoms with Crippen LogP contribution in [0.2, 0.25) is 0 Å². The van der Waals surface area contributed by atoms with E-state index in [0.717, 1.165) is 12.2 Å². The van der Waals surface area contributed by atoms with Crippen molar-refractivity contribution in [1.29, 1.82) is 0 Å². The van der Waals surface area contributed by atoms with E-state index < -0.39 is 0 Å². The van der Waals surface area contributed by atoms with Crippen LogP contribution in [0.5, 0.6) is 0 Å². The molecule has 0 rings (SSSR count). The van der Waals surface area contributed by atoms with E-state index in [0.29, 0.717) is 18.9 Å². The maximum atomic E-state index is 11.8.